The van der Waals surface area contributed by atoms with Gasteiger partial charge in [-0.3, -0.25) is 9.20 Å². The number of fused-ring (bicyclic) bond motifs is 1. The second-order valence-electron chi connectivity index (χ2n) is 9.05. The van der Waals surface area contributed by atoms with E-state index in [0.29, 0.717) is 22.8 Å². The van der Waals surface area contributed by atoms with Crippen molar-refractivity contribution >= 4 is 11.6 Å². The topological polar surface area (TPSA) is 88.7 Å². The molecule has 1 unspecified atom stereocenters. The van der Waals surface area contributed by atoms with Gasteiger partial charge < -0.3 is 14.8 Å². The van der Waals surface area contributed by atoms with Crippen LogP contribution in [0.4, 0.5) is 8.78 Å². The van der Waals surface area contributed by atoms with Crippen molar-refractivity contribution in [1.29, 1.82) is 5.26 Å². The van der Waals surface area contributed by atoms with E-state index in [1.54, 1.807) is 22.9 Å². The number of amides is 1. The molecule has 1 aliphatic rings. The number of imidazole rings is 1. The van der Waals surface area contributed by atoms with Gasteiger partial charge in [0.1, 0.15) is 22.7 Å². The first-order valence-electron chi connectivity index (χ1n) is 11.0. The number of halogens is 2. The average Bonchev–Trinajstić information content (AvgIpc) is 3.57. The van der Waals surface area contributed by atoms with Gasteiger partial charge in [0.2, 0.25) is 0 Å². The number of nitrogens with one attached hydrogen (secondary N) is 1. The third-order valence-corrected chi connectivity index (χ3v) is 6.23. The Kier molecular flexibility index (Phi) is 6.17. The highest BCUT2D eigenvalue weighted by molar-refractivity contribution is 6.00. The van der Waals surface area contributed by atoms with E-state index in [-0.39, 0.29) is 23.1 Å². The second kappa shape index (κ2) is 8.93. The SMILES string of the molecule is COc1cc(-c2cnc3cc(C(C)(C)C#N)ccn23)cc(OC(F)F)c1C(=O)NC(C)C1CC1. The van der Waals surface area contributed by atoms with Crippen LogP contribution in [0.1, 0.15) is 49.5 Å². The van der Waals surface area contributed by atoms with Crippen LogP contribution in [0.5, 0.6) is 11.5 Å². The summed E-state index contributed by atoms with van der Waals surface area (Å²) in [4.78, 5) is 17.4. The molecule has 2 heterocycles. The summed E-state index contributed by atoms with van der Waals surface area (Å²) in [6, 6.07) is 8.80. The third kappa shape index (κ3) is 4.53. The van der Waals surface area contributed by atoms with Crippen molar-refractivity contribution in [3.05, 3.63) is 47.8 Å². The third-order valence-electron chi connectivity index (χ3n) is 6.23. The first-order chi connectivity index (χ1) is 16.1. The molecule has 0 spiro atoms. The van der Waals surface area contributed by atoms with Crippen LogP contribution >= 0.6 is 0 Å². The number of benzene rings is 1. The molecule has 1 fully saturated rings. The van der Waals surface area contributed by atoms with Gasteiger partial charge in [0, 0.05) is 17.8 Å². The Balaban J connectivity index is 1.79. The van der Waals surface area contributed by atoms with Crippen LogP contribution in [0, 0.1) is 17.2 Å². The lowest BCUT2D eigenvalue weighted by molar-refractivity contribution is -0.0502. The van der Waals surface area contributed by atoms with E-state index in [2.05, 4.69) is 16.4 Å². The van der Waals surface area contributed by atoms with Crippen molar-refractivity contribution in [3.8, 4) is 28.8 Å². The molecule has 1 aromatic carbocycles. The predicted molar refractivity (Wildman–Crippen MR) is 122 cm³/mol. The molecule has 1 amide bonds. The molecule has 1 aliphatic carbocycles. The number of methoxy groups -OCH3 is 1. The Labute approximate surface area is 196 Å². The molecule has 9 heteroatoms. The average molecular weight is 469 g/mol. The molecular formula is C25H26F2N4O3. The standard InChI is InChI=1S/C25H26F2N4O3/c1-14(15-5-6-15)30-23(32)22-19(33-4)9-16(10-20(22)34-24(26)27)18-12-29-21-11-17(7-8-31(18)21)25(2,3)13-28/h7-12,14-15,24H,5-6H2,1-4H3,(H,30,32). The van der Waals surface area contributed by atoms with Gasteiger partial charge in [-0.15, -0.1) is 0 Å². The number of nitrogens with zero attached hydrogens (tertiary/aromatic N) is 3. The predicted octanol–water partition coefficient (Wildman–Crippen LogP) is 4.94. The molecule has 4 rings (SSSR count). The van der Waals surface area contributed by atoms with Crippen LogP contribution in [0.3, 0.4) is 0 Å². The number of hydrogen-bond donors (Lipinski definition) is 1. The summed E-state index contributed by atoms with van der Waals surface area (Å²) in [5.41, 5.74) is 1.70. The van der Waals surface area contributed by atoms with Gasteiger partial charge >= 0.3 is 6.61 Å². The smallest absolute Gasteiger partial charge is 0.387 e. The van der Waals surface area contributed by atoms with Crippen molar-refractivity contribution in [3.63, 3.8) is 0 Å². The Morgan fingerprint density at radius 3 is 2.62 bits per heavy atom. The fourth-order valence-electron chi connectivity index (χ4n) is 3.95. The number of hydrogen-bond acceptors (Lipinski definition) is 5. The second-order valence-corrected chi connectivity index (χ2v) is 9.05. The van der Waals surface area contributed by atoms with Crippen molar-refractivity contribution < 1.29 is 23.0 Å². The molecule has 1 saturated carbocycles. The fraction of sp³-hybridized carbons (Fsp3) is 0.400. The lowest BCUT2D eigenvalue weighted by Gasteiger charge is -2.19. The normalized spacial score (nSPS) is 14.6. The van der Waals surface area contributed by atoms with E-state index in [1.807, 2.05) is 32.9 Å². The van der Waals surface area contributed by atoms with Crippen molar-refractivity contribution in [2.75, 3.05) is 7.11 Å². The molecule has 1 N–H and O–H groups in total. The maximum Gasteiger partial charge on any atom is 0.387 e. The molecule has 2 aromatic heterocycles. The summed E-state index contributed by atoms with van der Waals surface area (Å²) in [5, 5.41) is 12.3. The van der Waals surface area contributed by atoms with Gasteiger partial charge in [-0.2, -0.15) is 14.0 Å². The number of carbonyl (C=O) groups is 1. The molecule has 0 saturated heterocycles. The minimum absolute atomic E-state index is 0.0778. The molecule has 0 bridgehead atoms. The van der Waals surface area contributed by atoms with E-state index < -0.39 is 17.9 Å². The number of alkyl halides is 2. The summed E-state index contributed by atoms with van der Waals surface area (Å²) < 4.78 is 38.5. The summed E-state index contributed by atoms with van der Waals surface area (Å²) in [7, 11) is 1.37. The van der Waals surface area contributed by atoms with Gasteiger partial charge in [0.15, 0.2) is 0 Å². The van der Waals surface area contributed by atoms with E-state index in [1.165, 1.54) is 13.2 Å². The number of pyridine rings is 1. The number of carbonyl (C=O) groups excluding carboxylic acids is 1. The highest BCUT2D eigenvalue weighted by Gasteiger charge is 2.31. The molecule has 7 nitrogen and oxygen atoms in total. The van der Waals surface area contributed by atoms with Crippen molar-refractivity contribution in [2.24, 2.45) is 5.92 Å². The maximum atomic E-state index is 13.3. The molecule has 178 valence electrons. The first kappa shape index (κ1) is 23.5. The lowest BCUT2D eigenvalue weighted by Crippen LogP contribution is -2.34. The molecule has 0 radical (unpaired) electrons. The van der Waals surface area contributed by atoms with Crippen LogP contribution in [0.15, 0.2) is 36.7 Å². The molecule has 3 aromatic rings. The minimum atomic E-state index is -3.12. The van der Waals surface area contributed by atoms with E-state index >= 15 is 0 Å². The van der Waals surface area contributed by atoms with Gasteiger partial charge in [-0.05, 0) is 69.4 Å². The quantitative estimate of drug-likeness (QED) is 0.506. The first-order valence-corrected chi connectivity index (χ1v) is 11.0. The Morgan fingerprint density at radius 2 is 2.00 bits per heavy atom. The number of ether oxygens (including phenoxy) is 2. The Hall–Kier alpha value is -3.67. The van der Waals surface area contributed by atoms with Crippen LogP contribution in [0.2, 0.25) is 0 Å². The zero-order valence-electron chi connectivity index (χ0n) is 19.4. The van der Waals surface area contributed by atoms with Crippen LogP contribution in [-0.4, -0.2) is 35.1 Å². The molecule has 34 heavy (non-hydrogen) atoms. The van der Waals surface area contributed by atoms with Gasteiger partial charge in [0.05, 0.1) is 30.5 Å². The highest BCUT2D eigenvalue weighted by atomic mass is 19.3. The van der Waals surface area contributed by atoms with Crippen LogP contribution < -0.4 is 14.8 Å². The Morgan fingerprint density at radius 1 is 1.29 bits per heavy atom. The van der Waals surface area contributed by atoms with E-state index in [4.69, 9.17) is 9.47 Å². The van der Waals surface area contributed by atoms with E-state index in [9.17, 15) is 18.8 Å². The summed E-state index contributed by atoms with van der Waals surface area (Å²) in [6.45, 7) is 2.40. The van der Waals surface area contributed by atoms with E-state index in [0.717, 1.165) is 18.4 Å². The largest absolute Gasteiger partial charge is 0.496 e. The minimum Gasteiger partial charge on any atom is -0.496 e. The molecule has 1 atom stereocenters. The Bertz CT molecular complexity index is 1280. The summed E-state index contributed by atoms with van der Waals surface area (Å²) >= 11 is 0. The van der Waals surface area contributed by atoms with Gasteiger partial charge in [0.25, 0.3) is 5.91 Å². The summed E-state index contributed by atoms with van der Waals surface area (Å²) in [5.74, 6) is -0.296. The maximum absolute atomic E-state index is 13.3. The van der Waals surface area contributed by atoms with Gasteiger partial charge in [-0.1, -0.05) is 0 Å². The van der Waals surface area contributed by atoms with Crippen LogP contribution in [-0.2, 0) is 5.41 Å². The van der Waals surface area contributed by atoms with Crippen molar-refractivity contribution in [2.45, 2.75) is 51.7 Å². The fourth-order valence-corrected chi connectivity index (χ4v) is 3.95. The number of rotatable bonds is 8. The zero-order chi connectivity index (χ0) is 24.6. The highest BCUT2D eigenvalue weighted by Crippen LogP contribution is 2.38. The number of aromatic nitrogens is 2. The lowest BCUT2D eigenvalue weighted by atomic mass is 9.87. The van der Waals surface area contributed by atoms with Crippen LogP contribution in [0.25, 0.3) is 16.9 Å². The van der Waals surface area contributed by atoms with Crippen molar-refractivity contribution in [1.82, 2.24) is 14.7 Å². The molecule has 0 aliphatic heterocycles. The molecular weight excluding hydrogens is 442 g/mol. The summed E-state index contributed by atoms with van der Waals surface area (Å²) in [6.07, 6.45) is 5.41. The zero-order valence-corrected chi connectivity index (χ0v) is 19.4. The monoisotopic (exact) mass is 468 g/mol. The van der Waals surface area contributed by atoms with Gasteiger partial charge in [-0.25, -0.2) is 4.98 Å². The number of nitriles is 1.